The Morgan fingerprint density at radius 2 is 1.63 bits per heavy atom. The van der Waals surface area contributed by atoms with Crippen LogP contribution >= 0.6 is 0 Å². The van der Waals surface area contributed by atoms with Crippen LogP contribution < -0.4 is 21.0 Å². The molecular formula is C46H62N8. The lowest BCUT2D eigenvalue weighted by molar-refractivity contribution is 0.0945. The molecule has 8 nitrogen and oxygen atoms in total. The van der Waals surface area contributed by atoms with E-state index in [4.69, 9.17) is 4.99 Å². The number of likely N-dealkylation sites (N-methyl/N-ethyl adjacent to an activating group) is 2. The normalized spacial score (nSPS) is 19.0. The Kier molecular flexibility index (Phi) is 14.1. The number of fused-ring (bicyclic) bond motifs is 1. The number of likely N-dealkylation sites (tertiary alicyclic amines) is 1. The molecule has 8 heteroatoms. The third kappa shape index (κ3) is 9.80. The van der Waals surface area contributed by atoms with Gasteiger partial charge in [-0.1, -0.05) is 62.2 Å². The SMILES string of the molecule is C=C=Cc1ccc(C(NC)C(C)N=C2NN(C)C(=C)c3ncccc32)cc1.C=CCCC(C(=C)NC)c1ccc(N2CCC3(CCN(C)CC3)CC2)cc1. The van der Waals surface area contributed by atoms with E-state index in [1.807, 2.05) is 50.4 Å². The molecule has 2 aromatic carbocycles. The first-order valence-corrected chi connectivity index (χ1v) is 19.5. The predicted molar refractivity (Wildman–Crippen MR) is 229 cm³/mol. The highest BCUT2D eigenvalue weighted by atomic mass is 15.5. The largest absolute Gasteiger partial charge is 0.391 e. The van der Waals surface area contributed by atoms with E-state index in [0.29, 0.717) is 11.3 Å². The van der Waals surface area contributed by atoms with E-state index in [1.54, 1.807) is 6.20 Å². The van der Waals surface area contributed by atoms with Crippen LogP contribution in [-0.4, -0.2) is 81.1 Å². The molecule has 0 radical (unpaired) electrons. The van der Waals surface area contributed by atoms with Gasteiger partial charge in [0.2, 0.25) is 0 Å². The van der Waals surface area contributed by atoms with Crippen molar-refractivity contribution in [3.63, 3.8) is 0 Å². The Labute approximate surface area is 325 Å². The molecule has 54 heavy (non-hydrogen) atoms. The molecule has 286 valence electrons. The zero-order valence-electron chi connectivity index (χ0n) is 33.4. The van der Waals surface area contributed by atoms with Gasteiger partial charge in [0.25, 0.3) is 0 Å². The first kappa shape index (κ1) is 40.3. The summed E-state index contributed by atoms with van der Waals surface area (Å²) < 4.78 is 0. The van der Waals surface area contributed by atoms with Gasteiger partial charge in [0.1, 0.15) is 5.84 Å². The van der Waals surface area contributed by atoms with Gasteiger partial charge in [-0.15, -0.1) is 12.3 Å². The minimum atomic E-state index is 0.00566. The van der Waals surface area contributed by atoms with E-state index in [-0.39, 0.29) is 12.1 Å². The zero-order chi connectivity index (χ0) is 38.7. The highest BCUT2D eigenvalue weighted by Gasteiger charge is 2.37. The minimum Gasteiger partial charge on any atom is -0.391 e. The van der Waals surface area contributed by atoms with Gasteiger partial charge in [0, 0.05) is 56.2 Å². The van der Waals surface area contributed by atoms with Gasteiger partial charge in [-0.05, 0) is 125 Å². The summed E-state index contributed by atoms with van der Waals surface area (Å²) in [7, 11) is 8.09. The van der Waals surface area contributed by atoms with Gasteiger partial charge in [-0.3, -0.25) is 20.4 Å². The van der Waals surface area contributed by atoms with Crippen molar-refractivity contribution in [2.75, 3.05) is 59.3 Å². The van der Waals surface area contributed by atoms with Gasteiger partial charge in [-0.25, -0.2) is 0 Å². The Balaban J connectivity index is 0.000000208. The summed E-state index contributed by atoms with van der Waals surface area (Å²) >= 11 is 0. The topological polar surface area (TPSA) is 71.1 Å². The molecule has 2 saturated heterocycles. The standard InChI is InChI=1S/C24H37N3.C22H25N5/c1-5-6-7-23(20(2)25-3)21-8-10-22(11-9-21)27-18-14-24(15-19-27)12-16-26(4)17-13-24;1-6-8-17-10-12-18(13-11-17)20(23-4)15(2)25-22-19-9-7-14-24-21(19)16(3)27(5)26-22/h5,8-11,23,25H,1-2,6-7,12-19H2,3-4H3;7-15,20,23H,1,3H2,2,4-5H3,(H,25,26). The lowest BCUT2D eigenvalue weighted by Crippen LogP contribution is -2.46. The van der Waals surface area contributed by atoms with Crippen LogP contribution in [0.4, 0.5) is 5.69 Å². The fraction of sp³-hybridized carbons (Fsp3) is 0.413. The number of nitrogens with one attached hydrogen (secondary N) is 3. The molecule has 3 aliphatic heterocycles. The van der Waals surface area contributed by atoms with Crippen molar-refractivity contribution in [3.05, 3.63) is 139 Å². The average molecular weight is 727 g/mol. The molecule has 3 aliphatic rings. The van der Waals surface area contributed by atoms with Crippen LogP contribution in [0.2, 0.25) is 0 Å². The second-order valence-corrected chi connectivity index (χ2v) is 15.1. The number of aliphatic imine (C=N–C) groups is 1. The van der Waals surface area contributed by atoms with Crippen molar-refractivity contribution in [1.29, 1.82) is 0 Å². The van der Waals surface area contributed by atoms with Crippen LogP contribution in [0.1, 0.15) is 85.4 Å². The third-order valence-corrected chi connectivity index (χ3v) is 11.6. The molecule has 0 saturated carbocycles. The number of piperidine rings is 2. The van der Waals surface area contributed by atoms with Gasteiger partial charge in [-0.2, -0.15) is 0 Å². The number of hydrazine groups is 1. The molecule has 0 amide bonds. The quantitative estimate of drug-likeness (QED) is 0.129. The first-order valence-electron chi connectivity index (χ1n) is 19.5. The number of aromatic nitrogens is 1. The molecule has 1 aromatic heterocycles. The van der Waals surface area contributed by atoms with Gasteiger partial charge in [0.05, 0.1) is 23.5 Å². The van der Waals surface area contributed by atoms with Crippen LogP contribution in [-0.2, 0) is 0 Å². The second-order valence-electron chi connectivity index (χ2n) is 15.1. The summed E-state index contributed by atoms with van der Waals surface area (Å²) in [5.74, 6) is 1.15. The highest BCUT2D eigenvalue weighted by Crippen LogP contribution is 2.42. The van der Waals surface area contributed by atoms with Crippen molar-refractivity contribution < 1.29 is 0 Å². The molecule has 4 heterocycles. The number of hydrogen-bond acceptors (Lipinski definition) is 7. The smallest absolute Gasteiger partial charge is 0.149 e. The Hall–Kier alpha value is -4.88. The number of pyridine rings is 1. The maximum Gasteiger partial charge on any atom is 0.149 e. The predicted octanol–water partition coefficient (Wildman–Crippen LogP) is 8.18. The molecule has 3 aromatic rings. The van der Waals surface area contributed by atoms with Crippen molar-refractivity contribution in [1.82, 2.24) is 31.0 Å². The van der Waals surface area contributed by atoms with Crippen LogP contribution in [0.15, 0.2) is 116 Å². The number of anilines is 1. The summed E-state index contributed by atoms with van der Waals surface area (Å²) in [5, 5.41) is 8.48. The van der Waals surface area contributed by atoms with Crippen LogP contribution in [0.25, 0.3) is 11.8 Å². The van der Waals surface area contributed by atoms with Crippen molar-refractivity contribution in [3.8, 4) is 0 Å². The highest BCUT2D eigenvalue weighted by molar-refractivity contribution is 6.04. The second kappa shape index (κ2) is 18.9. The molecule has 3 unspecified atom stereocenters. The number of amidine groups is 1. The van der Waals surface area contributed by atoms with Crippen LogP contribution in [0.3, 0.4) is 0 Å². The summed E-state index contributed by atoms with van der Waals surface area (Å²) in [6, 6.07) is 21.6. The minimum absolute atomic E-state index is 0.00566. The van der Waals surface area contributed by atoms with E-state index in [1.165, 1.54) is 68.7 Å². The van der Waals surface area contributed by atoms with Crippen molar-refractivity contribution in [2.45, 2.75) is 63.5 Å². The fourth-order valence-corrected chi connectivity index (χ4v) is 8.00. The number of nitrogens with zero attached hydrogens (tertiary/aromatic N) is 5. The maximum absolute atomic E-state index is 4.96. The van der Waals surface area contributed by atoms with Gasteiger partial charge < -0.3 is 20.4 Å². The Morgan fingerprint density at radius 3 is 2.24 bits per heavy atom. The molecular weight excluding hydrogens is 665 g/mol. The van der Waals surface area contributed by atoms with Gasteiger partial charge >= 0.3 is 0 Å². The molecule has 6 rings (SSSR count). The monoisotopic (exact) mass is 727 g/mol. The Bertz CT molecular complexity index is 1780. The molecule has 2 fully saturated rings. The first-order chi connectivity index (χ1) is 26.1. The lowest BCUT2D eigenvalue weighted by Gasteiger charge is -2.47. The fourth-order valence-electron chi connectivity index (χ4n) is 8.00. The molecule has 3 atom stereocenters. The van der Waals surface area contributed by atoms with E-state index in [2.05, 4.69) is 125 Å². The molecule has 0 aliphatic carbocycles. The van der Waals surface area contributed by atoms with Gasteiger partial charge in [0.15, 0.2) is 0 Å². The molecule has 3 N–H and O–H groups in total. The lowest BCUT2D eigenvalue weighted by atomic mass is 9.71. The van der Waals surface area contributed by atoms with Crippen molar-refractivity contribution in [2.24, 2.45) is 10.4 Å². The van der Waals surface area contributed by atoms with E-state index >= 15 is 0 Å². The third-order valence-electron chi connectivity index (χ3n) is 11.6. The van der Waals surface area contributed by atoms with E-state index in [0.717, 1.165) is 46.9 Å². The average Bonchev–Trinajstić information content (AvgIpc) is 3.20. The molecule has 1 spiro atoms. The molecule has 0 bridgehead atoms. The van der Waals surface area contributed by atoms with E-state index in [9.17, 15) is 0 Å². The summed E-state index contributed by atoms with van der Waals surface area (Å²) in [6.07, 6.45) is 13.2. The summed E-state index contributed by atoms with van der Waals surface area (Å²) in [6.45, 7) is 22.8. The van der Waals surface area contributed by atoms with E-state index < -0.39 is 0 Å². The Morgan fingerprint density at radius 1 is 0.981 bits per heavy atom. The zero-order valence-corrected chi connectivity index (χ0v) is 33.4. The summed E-state index contributed by atoms with van der Waals surface area (Å²) in [5.41, 5.74) is 15.4. The maximum atomic E-state index is 4.96. The van der Waals surface area contributed by atoms with Crippen LogP contribution in [0.5, 0.6) is 0 Å². The van der Waals surface area contributed by atoms with Crippen LogP contribution in [0, 0.1) is 5.41 Å². The number of hydrogen-bond donors (Lipinski definition) is 3. The number of allylic oxidation sites excluding steroid dienone is 2. The number of rotatable bonds is 12. The van der Waals surface area contributed by atoms with Crippen molar-refractivity contribution >= 4 is 23.3 Å². The number of benzene rings is 2. The summed E-state index contributed by atoms with van der Waals surface area (Å²) in [4.78, 5) is 14.5.